The zero-order chi connectivity index (χ0) is 27.8. The van der Waals surface area contributed by atoms with Gasteiger partial charge in [-0.3, -0.25) is 0 Å². The van der Waals surface area contributed by atoms with Crippen molar-refractivity contribution in [1.29, 1.82) is 0 Å². The number of hydrogen-bond donors (Lipinski definition) is 0. The molecule has 0 spiro atoms. The topological polar surface area (TPSA) is 0 Å². The van der Waals surface area contributed by atoms with Crippen LogP contribution in [0.1, 0.15) is 143 Å². The van der Waals surface area contributed by atoms with E-state index in [1.54, 1.807) is 0 Å². The lowest BCUT2D eigenvalue weighted by Crippen LogP contribution is -2.54. The molecule has 0 radical (unpaired) electrons. The lowest BCUT2D eigenvalue weighted by Gasteiger charge is -2.44. The largest absolute Gasteiger partial charge is 0.324 e. The molecule has 3 nitrogen and oxygen atoms in total. The van der Waals surface area contributed by atoms with Crippen LogP contribution in [0.15, 0.2) is 0 Å². The smallest absolute Gasteiger partial charge is 0.0892 e. The van der Waals surface area contributed by atoms with E-state index < -0.39 is 0 Å². The van der Waals surface area contributed by atoms with Gasteiger partial charge in [-0.15, -0.1) is 0 Å². The quantitative estimate of drug-likeness (QED) is 0.310. The van der Waals surface area contributed by atoms with E-state index in [0.29, 0.717) is 0 Å². The fourth-order valence-electron chi connectivity index (χ4n) is 10.3. The Kier molecular flexibility index (Phi) is 12.1. The summed E-state index contributed by atoms with van der Waals surface area (Å²) in [5.74, 6) is 1.99. The number of nitrogens with zero attached hydrogens (tertiary/aromatic N) is 3. The second-order valence-electron chi connectivity index (χ2n) is 16.1. The van der Waals surface area contributed by atoms with Crippen LogP contribution in [-0.4, -0.2) is 91.5 Å². The van der Waals surface area contributed by atoms with Gasteiger partial charge in [0.15, 0.2) is 0 Å². The van der Waals surface area contributed by atoms with Crippen LogP contribution in [0.5, 0.6) is 0 Å². The first-order chi connectivity index (χ1) is 18.8. The highest BCUT2D eigenvalue weighted by Gasteiger charge is 2.40. The zero-order valence-corrected chi connectivity index (χ0v) is 27.6. The van der Waals surface area contributed by atoms with Crippen LogP contribution in [0, 0.1) is 11.8 Å². The third-order valence-corrected chi connectivity index (χ3v) is 13.2. The number of quaternary nitrogens is 3. The molecule has 228 valence electrons. The van der Waals surface area contributed by atoms with E-state index in [-0.39, 0.29) is 0 Å². The molecule has 0 aromatic heterocycles. The maximum Gasteiger partial charge on any atom is 0.0892 e. The summed E-state index contributed by atoms with van der Waals surface area (Å²) in [5.41, 5.74) is 0. The maximum atomic E-state index is 2.50. The van der Waals surface area contributed by atoms with E-state index in [1.165, 1.54) is 181 Å². The van der Waals surface area contributed by atoms with Gasteiger partial charge in [0.1, 0.15) is 0 Å². The normalized spacial score (nSPS) is 35.9. The molecule has 0 N–H and O–H groups in total. The molecule has 0 amide bonds. The summed E-state index contributed by atoms with van der Waals surface area (Å²) in [5, 5.41) is 0. The predicted molar refractivity (Wildman–Crippen MR) is 170 cm³/mol. The minimum atomic E-state index is 0.995. The highest BCUT2D eigenvalue weighted by molar-refractivity contribution is 4.75. The zero-order valence-electron chi connectivity index (χ0n) is 27.6. The second-order valence-corrected chi connectivity index (χ2v) is 16.1. The molecule has 3 aliphatic heterocycles. The first-order valence-electron chi connectivity index (χ1n) is 18.3. The summed E-state index contributed by atoms with van der Waals surface area (Å²) in [6.07, 6.45) is 28.4. The van der Waals surface area contributed by atoms with Gasteiger partial charge in [-0.25, -0.2) is 0 Å². The molecule has 3 aliphatic carbocycles. The van der Waals surface area contributed by atoms with Crippen molar-refractivity contribution in [1.82, 2.24) is 0 Å². The highest BCUT2D eigenvalue weighted by atomic mass is 15.4. The van der Waals surface area contributed by atoms with Crippen molar-refractivity contribution in [3.8, 4) is 0 Å². The van der Waals surface area contributed by atoms with Crippen LogP contribution < -0.4 is 0 Å². The Hall–Kier alpha value is -0.120. The summed E-state index contributed by atoms with van der Waals surface area (Å²) in [6.45, 7) is 17.5. The molecular formula is C36H72N3+3. The van der Waals surface area contributed by atoms with Crippen LogP contribution in [0.2, 0.25) is 0 Å². The third kappa shape index (κ3) is 8.47. The lowest BCUT2D eigenvalue weighted by atomic mass is 9.85. The summed E-state index contributed by atoms with van der Waals surface area (Å²) < 4.78 is 4.30. The molecule has 0 aromatic rings. The number of hydrogen-bond acceptors (Lipinski definition) is 0. The van der Waals surface area contributed by atoms with Crippen LogP contribution in [0.3, 0.4) is 0 Å². The van der Waals surface area contributed by atoms with E-state index in [0.717, 1.165) is 30.0 Å². The van der Waals surface area contributed by atoms with Gasteiger partial charge < -0.3 is 13.4 Å². The predicted octanol–water partition coefficient (Wildman–Crippen LogP) is 8.56. The number of likely N-dealkylation sites (tertiary alicyclic amines) is 3. The SMILES string of the molecule is CC1CCCC([N+]2(C)CCCC2)C1.CC[N+]1(C2CCCC(C)C2)CCCC1.C[N+]1(C2CCCCC2)CCCC1. The summed E-state index contributed by atoms with van der Waals surface area (Å²) >= 11 is 0. The summed E-state index contributed by atoms with van der Waals surface area (Å²) in [4.78, 5) is 0. The summed E-state index contributed by atoms with van der Waals surface area (Å²) in [7, 11) is 4.98. The average molecular weight is 547 g/mol. The monoisotopic (exact) mass is 547 g/mol. The minimum Gasteiger partial charge on any atom is -0.324 e. The minimum absolute atomic E-state index is 0.995. The summed E-state index contributed by atoms with van der Waals surface area (Å²) in [6, 6.07) is 3.05. The first kappa shape index (κ1) is 31.8. The molecule has 3 heterocycles. The van der Waals surface area contributed by atoms with Crippen molar-refractivity contribution in [2.45, 2.75) is 161 Å². The Morgan fingerprint density at radius 3 is 1.33 bits per heavy atom. The molecule has 4 unspecified atom stereocenters. The van der Waals surface area contributed by atoms with E-state index in [9.17, 15) is 0 Å². The van der Waals surface area contributed by atoms with E-state index >= 15 is 0 Å². The van der Waals surface area contributed by atoms with Crippen molar-refractivity contribution in [3.63, 3.8) is 0 Å². The molecular weight excluding hydrogens is 474 g/mol. The molecule has 3 heteroatoms. The lowest BCUT2D eigenvalue weighted by molar-refractivity contribution is -0.940. The van der Waals surface area contributed by atoms with E-state index in [2.05, 4.69) is 34.9 Å². The molecule has 0 bridgehead atoms. The highest BCUT2D eigenvalue weighted by Crippen LogP contribution is 2.36. The Bertz CT molecular complexity index is 679. The molecule has 4 atom stereocenters. The van der Waals surface area contributed by atoms with E-state index in [4.69, 9.17) is 0 Å². The average Bonchev–Trinajstić information content (AvgIpc) is 3.73. The maximum absolute atomic E-state index is 2.50. The molecule has 6 aliphatic rings. The van der Waals surface area contributed by atoms with Gasteiger partial charge in [-0.2, -0.15) is 0 Å². The van der Waals surface area contributed by atoms with Crippen molar-refractivity contribution in [2.24, 2.45) is 11.8 Å². The van der Waals surface area contributed by atoms with Crippen molar-refractivity contribution in [3.05, 3.63) is 0 Å². The van der Waals surface area contributed by atoms with Gasteiger partial charge >= 0.3 is 0 Å². The van der Waals surface area contributed by atoms with Gasteiger partial charge in [0.2, 0.25) is 0 Å². The molecule has 3 saturated carbocycles. The van der Waals surface area contributed by atoms with Gasteiger partial charge in [0.25, 0.3) is 0 Å². The Labute approximate surface area is 245 Å². The molecule has 0 aromatic carbocycles. The second kappa shape index (κ2) is 14.9. The van der Waals surface area contributed by atoms with Crippen LogP contribution >= 0.6 is 0 Å². The van der Waals surface area contributed by atoms with Gasteiger partial charge in [0.05, 0.1) is 78.0 Å². The van der Waals surface area contributed by atoms with Crippen molar-refractivity contribution >= 4 is 0 Å². The Morgan fingerprint density at radius 1 is 0.436 bits per heavy atom. The van der Waals surface area contributed by atoms with Gasteiger partial charge in [0, 0.05) is 51.4 Å². The molecule has 39 heavy (non-hydrogen) atoms. The Balaban J connectivity index is 0.000000136. The fraction of sp³-hybridized carbons (Fsp3) is 1.00. The molecule has 6 fully saturated rings. The standard InChI is InChI=1S/C13H26N.C12H24N.C11H22N/c1-3-14(9-4-5-10-14)13-8-6-7-12(2)11-13;1-11-6-5-7-12(10-11)13(2)8-3-4-9-13;1-12(9-5-6-10-12)11-7-3-2-4-8-11/h12-13H,3-11H2,1-2H3;11-12H,3-10H2,1-2H3;11H,2-10H2,1H3/q3*+1. The third-order valence-electron chi connectivity index (χ3n) is 13.2. The van der Waals surface area contributed by atoms with Crippen molar-refractivity contribution < 1.29 is 13.4 Å². The van der Waals surface area contributed by atoms with Gasteiger partial charge in [-0.1, -0.05) is 33.1 Å². The van der Waals surface area contributed by atoms with Crippen molar-refractivity contribution in [2.75, 3.05) is 59.9 Å². The molecule has 3 saturated heterocycles. The number of rotatable bonds is 4. The fourth-order valence-corrected chi connectivity index (χ4v) is 10.3. The Morgan fingerprint density at radius 2 is 0.846 bits per heavy atom. The molecule has 6 rings (SSSR count). The van der Waals surface area contributed by atoms with Crippen LogP contribution in [-0.2, 0) is 0 Å². The van der Waals surface area contributed by atoms with Crippen LogP contribution in [0.25, 0.3) is 0 Å². The van der Waals surface area contributed by atoms with E-state index in [1.807, 2.05) is 0 Å². The van der Waals surface area contributed by atoms with Crippen LogP contribution in [0.4, 0.5) is 0 Å². The first-order valence-corrected chi connectivity index (χ1v) is 18.3. The van der Waals surface area contributed by atoms with Gasteiger partial charge in [-0.05, 0) is 70.1 Å².